The molecule has 0 saturated carbocycles. The van der Waals surface area contributed by atoms with Gasteiger partial charge in [0.1, 0.15) is 12.1 Å². The van der Waals surface area contributed by atoms with Gasteiger partial charge in [0.15, 0.2) is 0 Å². The van der Waals surface area contributed by atoms with Crippen LogP contribution in [-0.2, 0) is 6.54 Å². The van der Waals surface area contributed by atoms with Gasteiger partial charge in [-0.15, -0.1) is 5.10 Å². The molecule has 2 aromatic carbocycles. The van der Waals surface area contributed by atoms with Crippen molar-refractivity contribution in [3.05, 3.63) is 71.5 Å². The van der Waals surface area contributed by atoms with Crippen molar-refractivity contribution in [1.29, 1.82) is 0 Å². The standard InChI is InChI=1S/C19H21N5O2/c1-3-26-18-10-8-16(9-11-18)14(2)21-19(25)17-6-4-15(5-7-17)12-24-13-20-22-23-24/h4-11,13-14H,3,12H2,1-2H3,(H,21,25)/t14-/m1/s1. The van der Waals surface area contributed by atoms with E-state index in [1.807, 2.05) is 50.2 Å². The highest BCUT2D eigenvalue weighted by Gasteiger charge is 2.11. The number of hydrogen-bond acceptors (Lipinski definition) is 5. The summed E-state index contributed by atoms with van der Waals surface area (Å²) in [5.74, 6) is 0.716. The second-order valence-corrected chi connectivity index (χ2v) is 5.90. The third-order valence-electron chi connectivity index (χ3n) is 3.99. The Bertz CT molecular complexity index is 829. The van der Waals surface area contributed by atoms with Crippen molar-refractivity contribution in [3.63, 3.8) is 0 Å². The molecule has 0 spiro atoms. The maximum Gasteiger partial charge on any atom is 0.251 e. The van der Waals surface area contributed by atoms with Gasteiger partial charge in [0.05, 0.1) is 19.2 Å². The summed E-state index contributed by atoms with van der Waals surface area (Å²) < 4.78 is 7.07. The Morgan fingerprint density at radius 3 is 2.50 bits per heavy atom. The van der Waals surface area contributed by atoms with Gasteiger partial charge in [0, 0.05) is 5.56 Å². The molecule has 1 amide bonds. The quantitative estimate of drug-likeness (QED) is 0.707. The Balaban J connectivity index is 1.59. The van der Waals surface area contributed by atoms with Crippen LogP contribution in [0.2, 0.25) is 0 Å². The van der Waals surface area contributed by atoms with Gasteiger partial charge in [-0.3, -0.25) is 4.79 Å². The summed E-state index contributed by atoms with van der Waals surface area (Å²) in [6.07, 6.45) is 1.55. The van der Waals surface area contributed by atoms with Crippen LogP contribution in [0.3, 0.4) is 0 Å². The molecule has 3 rings (SSSR count). The monoisotopic (exact) mass is 351 g/mol. The topological polar surface area (TPSA) is 81.9 Å². The zero-order valence-corrected chi connectivity index (χ0v) is 14.8. The molecule has 1 aromatic heterocycles. The van der Waals surface area contributed by atoms with Gasteiger partial charge >= 0.3 is 0 Å². The Hall–Kier alpha value is -3.22. The average molecular weight is 351 g/mol. The fourth-order valence-electron chi connectivity index (χ4n) is 2.58. The minimum Gasteiger partial charge on any atom is -0.494 e. The van der Waals surface area contributed by atoms with E-state index in [4.69, 9.17) is 4.74 Å². The van der Waals surface area contributed by atoms with E-state index in [0.29, 0.717) is 18.7 Å². The van der Waals surface area contributed by atoms with Crippen molar-refractivity contribution >= 4 is 5.91 Å². The van der Waals surface area contributed by atoms with Crippen LogP contribution in [-0.4, -0.2) is 32.7 Å². The van der Waals surface area contributed by atoms with Crippen LogP contribution < -0.4 is 10.1 Å². The number of carbonyl (C=O) groups is 1. The van der Waals surface area contributed by atoms with Gasteiger partial charge in [-0.2, -0.15) is 0 Å². The lowest BCUT2D eigenvalue weighted by Gasteiger charge is -2.15. The fourth-order valence-corrected chi connectivity index (χ4v) is 2.58. The number of hydrogen-bond donors (Lipinski definition) is 1. The first kappa shape index (κ1) is 17.6. The smallest absolute Gasteiger partial charge is 0.251 e. The predicted molar refractivity (Wildman–Crippen MR) is 96.9 cm³/mol. The highest BCUT2D eigenvalue weighted by Crippen LogP contribution is 2.18. The largest absolute Gasteiger partial charge is 0.494 e. The first-order valence-corrected chi connectivity index (χ1v) is 8.49. The zero-order valence-electron chi connectivity index (χ0n) is 14.8. The van der Waals surface area contributed by atoms with Gasteiger partial charge < -0.3 is 10.1 Å². The molecule has 0 bridgehead atoms. The molecule has 7 heteroatoms. The van der Waals surface area contributed by atoms with E-state index < -0.39 is 0 Å². The molecule has 0 aliphatic heterocycles. The molecular formula is C19H21N5O2. The lowest BCUT2D eigenvalue weighted by Crippen LogP contribution is -2.26. The third kappa shape index (κ3) is 4.44. The lowest BCUT2D eigenvalue weighted by molar-refractivity contribution is 0.0940. The molecule has 134 valence electrons. The molecular weight excluding hydrogens is 330 g/mol. The summed E-state index contributed by atoms with van der Waals surface area (Å²) in [5, 5.41) is 14.0. The molecule has 0 aliphatic rings. The molecule has 0 unspecified atom stereocenters. The summed E-state index contributed by atoms with van der Waals surface area (Å²) in [7, 11) is 0. The SMILES string of the molecule is CCOc1ccc([C@@H](C)NC(=O)c2ccc(Cn3cnnn3)cc2)cc1. The molecule has 0 fully saturated rings. The second kappa shape index (κ2) is 8.24. The number of nitrogens with one attached hydrogen (secondary N) is 1. The van der Waals surface area contributed by atoms with Gasteiger partial charge in [-0.05, 0) is 59.7 Å². The van der Waals surface area contributed by atoms with Crippen LogP contribution in [0.15, 0.2) is 54.9 Å². The van der Waals surface area contributed by atoms with E-state index in [1.54, 1.807) is 23.1 Å². The second-order valence-electron chi connectivity index (χ2n) is 5.90. The van der Waals surface area contributed by atoms with Crippen LogP contribution in [0, 0.1) is 0 Å². The van der Waals surface area contributed by atoms with Gasteiger partial charge in [-0.25, -0.2) is 4.68 Å². The minimum absolute atomic E-state index is 0.0981. The van der Waals surface area contributed by atoms with Crippen LogP contribution >= 0.6 is 0 Å². The van der Waals surface area contributed by atoms with Crippen molar-refractivity contribution < 1.29 is 9.53 Å². The van der Waals surface area contributed by atoms with Crippen molar-refractivity contribution in [2.24, 2.45) is 0 Å². The molecule has 0 saturated heterocycles. The number of carbonyl (C=O) groups excluding carboxylic acids is 1. The molecule has 1 heterocycles. The normalized spacial score (nSPS) is 11.8. The molecule has 0 radical (unpaired) electrons. The Labute approximate surface area is 152 Å². The van der Waals surface area contributed by atoms with Gasteiger partial charge in [-0.1, -0.05) is 24.3 Å². The predicted octanol–water partition coefficient (Wildman–Crippen LogP) is 2.61. The number of benzene rings is 2. The number of tetrazole rings is 1. The Kier molecular flexibility index (Phi) is 5.58. The number of amides is 1. The van der Waals surface area contributed by atoms with E-state index in [1.165, 1.54) is 0 Å². The molecule has 1 N–H and O–H groups in total. The van der Waals surface area contributed by atoms with Crippen molar-refractivity contribution in [1.82, 2.24) is 25.5 Å². The maximum atomic E-state index is 12.5. The summed E-state index contributed by atoms with van der Waals surface area (Å²) in [6, 6.07) is 15.1. The van der Waals surface area contributed by atoms with Crippen molar-refractivity contribution in [2.75, 3.05) is 6.61 Å². The summed E-state index contributed by atoms with van der Waals surface area (Å²) in [5.41, 5.74) is 2.66. The van der Waals surface area contributed by atoms with E-state index in [2.05, 4.69) is 20.8 Å². The molecule has 0 aliphatic carbocycles. The van der Waals surface area contributed by atoms with Crippen LogP contribution in [0.25, 0.3) is 0 Å². The summed E-state index contributed by atoms with van der Waals surface area (Å²) >= 11 is 0. The number of ether oxygens (including phenoxy) is 1. The highest BCUT2D eigenvalue weighted by atomic mass is 16.5. The van der Waals surface area contributed by atoms with Crippen LogP contribution in [0.1, 0.15) is 41.4 Å². The van der Waals surface area contributed by atoms with Crippen molar-refractivity contribution in [3.8, 4) is 5.75 Å². The van der Waals surface area contributed by atoms with Gasteiger partial charge in [0.25, 0.3) is 5.91 Å². The first-order chi connectivity index (χ1) is 12.7. The van der Waals surface area contributed by atoms with Crippen molar-refractivity contribution in [2.45, 2.75) is 26.4 Å². The zero-order chi connectivity index (χ0) is 18.4. The highest BCUT2D eigenvalue weighted by molar-refractivity contribution is 5.94. The Morgan fingerprint density at radius 2 is 1.88 bits per heavy atom. The molecule has 1 atom stereocenters. The van der Waals surface area contributed by atoms with E-state index >= 15 is 0 Å². The molecule has 3 aromatic rings. The summed E-state index contributed by atoms with van der Waals surface area (Å²) in [6.45, 7) is 5.11. The first-order valence-electron chi connectivity index (χ1n) is 8.49. The lowest BCUT2D eigenvalue weighted by atomic mass is 10.1. The molecule has 7 nitrogen and oxygen atoms in total. The molecule has 26 heavy (non-hydrogen) atoms. The van der Waals surface area contributed by atoms with Crippen LogP contribution in [0.4, 0.5) is 0 Å². The van der Waals surface area contributed by atoms with E-state index in [0.717, 1.165) is 16.9 Å². The van der Waals surface area contributed by atoms with Gasteiger partial charge in [0.2, 0.25) is 0 Å². The number of nitrogens with zero attached hydrogens (tertiary/aromatic N) is 4. The number of aromatic nitrogens is 4. The number of rotatable bonds is 7. The van der Waals surface area contributed by atoms with Crippen LogP contribution in [0.5, 0.6) is 5.75 Å². The van der Waals surface area contributed by atoms with E-state index in [-0.39, 0.29) is 11.9 Å². The average Bonchev–Trinajstić information content (AvgIpc) is 3.16. The maximum absolute atomic E-state index is 12.5. The summed E-state index contributed by atoms with van der Waals surface area (Å²) in [4.78, 5) is 12.5. The fraction of sp³-hybridized carbons (Fsp3) is 0.263. The van der Waals surface area contributed by atoms with E-state index in [9.17, 15) is 4.79 Å². The third-order valence-corrected chi connectivity index (χ3v) is 3.99. The minimum atomic E-state index is -0.111. The Morgan fingerprint density at radius 1 is 1.15 bits per heavy atom.